The normalized spacial score (nSPS) is 13.5. The molecule has 9 heteroatoms. The van der Waals surface area contributed by atoms with Crippen molar-refractivity contribution in [3.05, 3.63) is 35.9 Å². The highest BCUT2D eigenvalue weighted by Crippen LogP contribution is 2.17. The molecule has 3 N–H and O–H groups in total. The fraction of sp³-hybridized carbons (Fsp3) is 0.533. The van der Waals surface area contributed by atoms with Crippen LogP contribution >= 0.6 is 24.8 Å². The Bertz CT molecular complexity index is 485. The highest BCUT2D eigenvalue weighted by Gasteiger charge is 2.30. The monoisotopic (exact) mass is 389 g/mol. The van der Waals surface area contributed by atoms with Gasteiger partial charge in [-0.25, -0.2) is 0 Å². The summed E-state index contributed by atoms with van der Waals surface area (Å²) in [5, 5.41) is 2.67. The maximum atomic E-state index is 12.2. The minimum atomic E-state index is -4.21. The predicted molar refractivity (Wildman–Crippen MR) is 93.7 cm³/mol. The van der Waals surface area contributed by atoms with E-state index in [1.54, 1.807) is 31.2 Å². The summed E-state index contributed by atoms with van der Waals surface area (Å²) < 4.78 is 36.5. The molecule has 1 aromatic carbocycles. The van der Waals surface area contributed by atoms with Crippen LogP contribution in [0.2, 0.25) is 0 Å². The van der Waals surface area contributed by atoms with E-state index in [2.05, 4.69) is 5.32 Å². The topological polar surface area (TPSA) is 58.4 Å². The maximum Gasteiger partial charge on any atom is 0.401 e. The molecule has 4 nitrogen and oxygen atoms in total. The van der Waals surface area contributed by atoms with Crippen LogP contribution in [0.4, 0.5) is 13.2 Å². The average Bonchev–Trinajstić information content (AvgIpc) is 2.42. The predicted octanol–water partition coefficient (Wildman–Crippen LogP) is 2.70. The van der Waals surface area contributed by atoms with E-state index in [-0.39, 0.29) is 43.8 Å². The van der Waals surface area contributed by atoms with E-state index >= 15 is 0 Å². The second-order valence-corrected chi connectivity index (χ2v) is 5.53. The third-order valence-corrected chi connectivity index (χ3v) is 3.30. The molecule has 0 saturated carbocycles. The number of nitrogens with zero attached hydrogens (tertiary/aromatic N) is 1. The second-order valence-electron chi connectivity index (χ2n) is 5.53. The first kappa shape index (κ1) is 25.2. The van der Waals surface area contributed by atoms with E-state index in [9.17, 15) is 18.0 Å². The largest absolute Gasteiger partial charge is 0.401 e. The van der Waals surface area contributed by atoms with E-state index in [0.717, 1.165) is 0 Å². The van der Waals surface area contributed by atoms with Gasteiger partial charge in [-0.3, -0.25) is 9.69 Å². The highest BCUT2D eigenvalue weighted by molar-refractivity contribution is 5.87. The lowest BCUT2D eigenvalue weighted by Crippen LogP contribution is -2.49. The molecule has 0 bridgehead atoms. The van der Waals surface area contributed by atoms with Crippen molar-refractivity contribution in [1.82, 2.24) is 10.2 Å². The summed E-state index contributed by atoms with van der Waals surface area (Å²) in [7, 11) is 1.40. The van der Waals surface area contributed by atoms with Gasteiger partial charge in [0.25, 0.3) is 0 Å². The number of nitrogens with two attached hydrogens (primary N) is 1. The van der Waals surface area contributed by atoms with Crippen LogP contribution in [-0.2, 0) is 10.3 Å². The van der Waals surface area contributed by atoms with Gasteiger partial charge in [0.1, 0.15) is 5.54 Å². The average molecular weight is 390 g/mol. The van der Waals surface area contributed by atoms with Crippen LogP contribution in [0.1, 0.15) is 18.9 Å². The summed E-state index contributed by atoms with van der Waals surface area (Å²) in [6.45, 7) is 1.17. The van der Waals surface area contributed by atoms with E-state index < -0.39 is 18.3 Å². The van der Waals surface area contributed by atoms with Crippen molar-refractivity contribution in [3.63, 3.8) is 0 Å². The van der Waals surface area contributed by atoms with Crippen molar-refractivity contribution >= 4 is 30.7 Å². The smallest absolute Gasteiger partial charge is 0.354 e. The van der Waals surface area contributed by atoms with Crippen molar-refractivity contribution in [3.8, 4) is 0 Å². The van der Waals surface area contributed by atoms with Crippen LogP contribution < -0.4 is 11.1 Å². The van der Waals surface area contributed by atoms with Crippen molar-refractivity contribution in [2.24, 2.45) is 5.73 Å². The molecule has 0 saturated heterocycles. The van der Waals surface area contributed by atoms with Crippen molar-refractivity contribution < 1.29 is 18.0 Å². The molecule has 0 aliphatic rings. The molecule has 1 rings (SSSR count). The lowest BCUT2D eigenvalue weighted by atomic mass is 9.92. The Labute approximate surface area is 152 Å². The van der Waals surface area contributed by atoms with Gasteiger partial charge in [-0.05, 0) is 32.5 Å². The summed E-state index contributed by atoms with van der Waals surface area (Å²) >= 11 is 0. The molecule has 0 aliphatic heterocycles. The van der Waals surface area contributed by atoms with Gasteiger partial charge >= 0.3 is 6.18 Å². The Morgan fingerprint density at radius 1 is 1.21 bits per heavy atom. The van der Waals surface area contributed by atoms with E-state index in [0.29, 0.717) is 12.0 Å². The first-order valence-corrected chi connectivity index (χ1v) is 7.01. The molecule has 24 heavy (non-hydrogen) atoms. The van der Waals surface area contributed by atoms with Gasteiger partial charge in [0.15, 0.2) is 0 Å². The number of nitrogens with one attached hydrogen (secondary N) is 1. The van der Waals surface area contributed by atoms with Gasteiger partial charge in [0, 0.05) is 6.54 Å². The summed E-state index contributed by atoms with van der Waals surface area (Å²) in [5.74, 6) is -0.350. The van der Waals surface area contributed by atoms with Crippen LogP contribution in [0.5, 0.6) is 0 Å². The third-order valence-electron chi connectivity index (χ3n) is 3.30. The Balaban J connectivity index is 0. The third kappa shape index (κ3) is 8.73. The fourth-order valence-corrected chi connectivity index (χ4v) is 2.04. The molecule has 1 aromatic rings. The quantitative estimate of drug-likeness (QED) is 0.704. The number of alkyl halides is 3. The number of hydrogen-bond acceptors (Lipinski definition) is 3. The molecular formula is C15H24Cl2F3N3O. The van der Waals surface area contributed by atoms with Gasteiger partial charge in [-0.2, -0.15) is 13.2 Å². The van der Waals surface area contributed by atoms with Gasteiger partial charge in [0.2, 0.25) is 5.91 Å². The van der Waals surface area contributed by atoms with Gasteiger partial charge < -0.3 is 11.1 Å². The maximum absolute atomic E-state index is 12.2. The number of halogens is 5. The summed E-state index contributed by atoms with van der Waals surface area (Å²) in [4.78, 5) is 13.3. The minimum Gasteiger partial charge on any atom is -0.354 e. The molecule has 0 fully saturated rings. The molecule has 140 valence electrons. The minimum absolute atomic E-state index is 0. The number of benzene rings is 1. The molecule has 1 unspecified atom stereocenters. The molecule has 0 spiro atoms. The van der Waals surface area contributed by atoms with Crippen LogP contribution in [0, 0.1) is 0 Å². The summed E-state index contributed by atoms with van der Waals surface area (Å²) in [6.07, 6.45) is -3.79. The zero-order chi connectivity index (χ0) is 16.8. The molecule has 1 atom stereocenters. The number of carbonyl (C=O) groups is 1. The standard InChI is InChI=1S/C15H22F3N3O.2ClH/c1-14(19,12-7-4-3-5-8-12)13(22)20-9-6-10-21(2)11-15(16,17)18;;/h3-5,7-8H,6,9-11,19H2,1-2H3,(H,20,22);2*1H. The number of rotatable bonds is 7. The first-order valence-electron chi connectivity index (χ1n) is 7.01. The summed E-state index contributed by atoms with van der Waals surface area (Å²) in [6, 6.07) is 8.93. The zero-order valence-electron chi connectivity index (χ0n) is 13.6. The molecule has 0 aromatic heterocycles. The Morgan fingerprint density at radius 3 is 2.25 bits per heavy atom. The van der Waals surface area contributed by atoms with E-state index in [1.165, 1.54) is 11.9 Å². The fourth-order valence-electron chi connectivity index (χ4n) is 2.04. The SMILES string of the molecule is CN(CCCNC(=O)C(C)(N)c1ccccc1)CC(F)(F)F.Cl.Cl. The molecule has 0 aliphatic carbocycles. The number of hydrogen-bond donors (Lipinski definition) is 2. The van der Waals surface area contributed by atoms with Crippen LogP contribution in [0.3, 0.4) is 0 Å². The van der Waals surface area contributed by atoms with Gasteiger partial charge in [0.05, 0.1) is 6.54 Å². The van der Waals surface area contributed by atoms with Crippen LogP contribution in [0.25, 0.3) is 0 Å². The Morgan fingerprint density at radius 2 is 1.75 bits per heavy atom. The van der Waals surface area contributed by atoms with Crippen molar-refractivity contribution in [2.45, 2.75) is 25.1 Å². The Hall–Kier alpha value is -1.02. The van der Waals surface area contributed by atoms with Gasteiger partial charge in [-0.1, -0.05) is 30.3 Å². The number of amides is 1. The van der Waals surface area contributed by atoms with Crippen LogP contribution in [0.15, 0.2) is 30.3 Å². The lowest BCUT2D eigenvalue weighted by molar-refractivity contribution is -0.143. The number of carbonyl (C=O) groups excluding carboxylic acids is 1. The zero-order valence-corrected chi connectivity index (χ0v) is 15.2. The molecule has 0 radical (unpaired) electrons. The van der Waals surface area contributed by atoms with E-state index in [4.69, 9.17) is 5.73 Å². The lowest BCUT2D eigenvalue weighted by Gasteiger charge is -2.24. The van der Waals surface area contributed by atoms with Crippen molar-refractivity contribution in [1.29, 1.82) is 0 Å². The summed E-state index contributed by atoms with van der Waals surface area (Å²) in [5.41, 5.74) is 5.55. The second kappa shape index (κ2) is 10.8. The molecular weight excluding hydrogens is 366 g/mol. The first-order chi connectivity index (χ1) is 10.1. The molecule has 1 amide bonds. The molecule has 0 heterocycles. The van der Waals surface area contributed by atoms with Crippen LogP contribution in [-0.4, -0.2) is 43.7 Å². The van der Waals surface area contributed by atoms with E-state index in [1.807, 2.05) is 6.07 Å². The Kier molecular flexibility index (Phi) is 11.3. The van der Waals surface area contributed by atoms with Crippen molar-refractivity contribution in [2.75, 3.05) is 26.7 Å². The van der Waals surface area contributed by atoms with Gasteiger partial charge in [-0.15, -0.1) is 24.8 Å². The highest BCUT2D eigenvalue weighted by atomic mass is 35.5.